The molecule has 0 saturated carbocycles. The highest BCUT2D eigenvalue weighted by atomic mass is 35.5. The zero-order valence-electron chi connectivity index (χ0n) is 11.4. The summed E-state index contributed by atoms with van der Waals surface area (Å²) in [6.07, 6.45) is 0. The van der Waals surface area contributed by atoms with Crippen LogP contribution in [0.25, 0.3) is 5.69 Å². The van der Waals surface area contributed by atoms with Gasteiger partial charge in [0, 0.05) is 17.0 Å². The first-order valence-corrected chi connectivity index (χ1v) is 6.62. The van der Waals surface area contributed by atoms with Crippen molar-refractivity contribution in [1.29, 1.82) is 5.26 Å². The number of aryl methyl sites for hydroxylation is 1. The average Bonchev–Trinajstić information content (AvgIpc) is 2.76. The lowest BCUT2D eigenvalue weighted by Gasteiger charge is -2.11. The lowest BCUT2D eigenvalue weighted by atomic mass is 10.1. The molecule has 0 amide bonds. The molecule has 0 unspecified atom stereocenters. The first-order chi connectivity index (χ1) is 9.92. The number of Topliss-reactive ketones (excluding diaryl/α,β-unsaturated/α-hetero) is 1. The van der Waals surface area contributed by atoms with E-state index in [2.05, 4.69) is 0 Å². The Morgan fingerprint density at radius 3 is 2.57 bits per heavy atom. The quantitative estimate of drug-likeness (QED) is 0.641. The largest absolute Gasteiger partial charge is 0.315 e. The fourth-order valence-corrected chi connectivity index (χ4v) is 2.43. The Balaban J connectivity index is 2.69. The molecule has 0 saturated heterocycles. The lowest BCUT2D eigenvalue weighted by molar-refractivity contribution is 0.102. The second-order valence-corrected chi connectivity index (χ2v) is 4.82. The lowest BCUT2D eigenvalue weighted by Crippen LogP contribution is -2.07. The second kappa shape index (κ2) is 5.66. The van der Waals surface area contributed by atoms with Crippen LogP contribution in [0.4, 0.5) is 8.78 Å². The van der Waals surface area contributed by atoms with Crippen LogP contribution in [0, 0.1) is 36.8 Å². The molecule has 0 bridgehead atoms. The van der Waals surface area contributed by atoms with Gasteiger partial charge in [0.25, 0.3) is 0 Å². The van der Waals surface area contributed by atoms with Crippen molar-refractivity contribution in [3.05, 3.63) is 52.3 Å². The molecule has 0 fully saturated rings. The third-order valence-corrected chi connectivity index (χ3v) is 3.52. The number of benzene rings is 1. The van der Waals surface area contributed by atoms with Crippen molar-refractivity contribution < 1.29 is 13.6 Å². The van der Waals surface area contributed by atoms with E-state index >= 15 is 0 Å². The molecule has 3 nitrogen and oxygen atoms in total. The number of alkyl halides is 1. The molecule has 1 aromatic carbocycles. The van der Waals surface area contributed by atoms with Crippen LogP contribution in [0.5, 0.6) is 0 Å². The predicted molar refractivity (Wildman–Crippen MR) is 74.9 cm³/mol. The number of nitrogens with zero attached hydrogens (tertiary/aromatic N) is 2. The Bertz CT molecular complexity index is 775. The topological polar surface area (TPSA) is 45.8 Å². The molecule has 0 atom stereocenters. The molecular weight excluding hydrogens is 298 g/mol. The highest BCUT2D eigenvalue weighted by Gasteiger charge is 2.20. The van der Waals surface area contributed by atoms with Gasteiger partial charge in [0.15, 0.2) is 17.4 Å². The first-order valence-electron chi connectivity index (χ1n) is 6.09. The first kappa shape index (κ1) is 15.2. The van der Waals surface area contributed by atoms with E-state index in [-0.39, 0.29) is 22.9 Å². The number of aromatic nitrogens is 1. The summed E-state index contributed by atoms with van der Waals surface area (Å²) in [5, 5.41) is 8.70. The second-order valence-electron chi connectivity index (χ2n) is 4.55. The van der Waals surface area contributed by atoms with Crippen LogP contribution < -0.4 is 0 Å². The number of nitriles is 1. The van der Waals surface area contributed by atoms with Gasteiger partial charge in [-0.05, 0) is 32.0 Å². The minimum absolute atomic E-state index is 0.0462. The highest BCUT2D eigenvalue weighted by Crippen LogP contribution is 2.26. The number of carbonyl (C=O) groups excluding carboxylic acids is 1. The van der Waals surface area contributed by atoms with E-state index in [0.717, 1.165) is 0 Å². The summed E-state index contributed by atoms with van der Waals surface area (Å²) in [5.74, 6) is -2.80. The van der Waals surface area contributed by atoms with Crippen LogP contribution >= 0.6 is 11.6 Å². The molecule has 0 N–H and O–H groups in total. The van der Waals surface area contributed by atoms with Crippen molar-refractivity contribution >= 4 is 17.4 Å². The van der Waals surface area contributed by atoms with E-state index in [1.165, 1.54) is 16.7 Å². The van der Waals surface area contributed by atoms with E-state index in [4.69, 9.17) is 16.9 Å². The molecular formula is C15H11ClF2N2O. The molecule has 2 aromatic rings. The van der Waals surface area contributed by atoms with Gasteiger partial charge in [-0.1, -0.05) is 0 Å². The van der Waals surface area contributed by atoms with Crippen molar-refractivity contribution in [3.8, 4) is 11.8 Å². The van der Waals surface area contributed by atoms with Crippen molar-refractivity contribution in [2.24, 2.45) is 0 Å². The molecule has 108 valence electrons. The summed E-state index contributed by atoms with van der Waals surface area (Å²) >= 11 is 5.53. The van der Waals surface area contributed by atoms with Gasteiger partial charge in [-0.15, -0.1) is 11.6 Å². The fraction of sp³-hybridized carbons (Fsp3) is 0.200. The van der Waals surface area contributed by atoms with Crippen LogP contribution in [0.2, 0.25) is 0 Å². The standard InChI is InChI=1S/C15H11ClF2N2O/c1-8-5-11(13(21)6-16)9(2)20(8)12-4-3-10(7-19)14(17)15(12)18/h3-5H,6H2,1-2H3. The van der Waals surface area contributed by atoms with Crippen molar-refractivity contribution in [3.63, 3.8) is 0 Å². The third-order valence-electron chi connectivity index (χ3n) is 3.28. The molecule has 0 aliphatic carbocycles. The molecule has 0 aliphatic rings. The van der Waals surface area contributed by atoms with Crippen LogP contribution in [0.3, 0.4) is 0 Å². The van der Waals surface area contributed by atoms with Gasteiger partial charge >= 0.3 is 0 Å². The Hall–Kier alpha value is -2.19. The number of hydrogen-bond donors (Lipinski definition) is 0. The van der Waals surface area contributed by atoms with Crippen molar-refractivity contribution in [1.82, 2.24) is 4.57 Å². The highest BCUT2D eigenvalue weighted by molar-refractivity contribution is 6.30. The molecule has 0 radical (unpaired) electrons. The van der Waals surface area contributed by atoms with Crippen molar-refractivity contribution in [2.45, 2.75) is 13.8 Å². The normalized spacial score (nSPS) is 10.5. The number of halogens is 3. The Labute approximate surface area is 125 Å². The van der Waals surface area contributed by atoms with E-state index < -0.39 is 11.6 Å². The fourth-order valence-electron chi connectivity index (χ4n) is 2.29. The Kier molecular flexibility index (Phi) is 4.10. The van der Waals surface area contributed by atoms with Crippen LogP contribution in [-0.2, 0) is 0 Å². The molecule has 6 heteroatoms. The molecule has 0 aliphatic heterocycles. The Morgan fingerprint density at radius 1 is 1.33 bits per heavy atom. The summed E-state index contributed by atoms with van der Waals surface area (Å²) < 4.78 is 29.3. The molecule has 2 rings (SSSR count). The zero-order valence-corrected chi connectivity index (χ0v) is 12.1. The smallest absolute Gasteiger partial charge is 0.184 e. The van der Waals surface area contributed by atoms with Crippen LogP contribution in [0.15, 0.2) is 18.2 Å². The number of hydrogen-bond acceptors (Lipinski definition) is 2. The van der Waals surface area contributed by atoms with Gasteiger partial charge in [-0.3, -0.25) is 4.79 Å². The molecule has 0 spiro atoms. The molecule has 1 heterocycles. The van der Waals surface area contributed by atoms with Gasteiger partial charge in [0.05, 0.1) is 17.1 Å². The summed E-state index contributed by atoms with van der Waals surface area (Å²) in [6.45, 7) is 3.30. The van der Waals surface area contributed by atoms with Gasteiger partial charge in [-0.25, -0.2) is 8.78 Å². The molecule has 1 aromatic heterocycles. The minimum Gasteiger partial charge on any atom is -0.315 e. The van der Waals surface area contributed by atoms with E-state index in [1.54, 1.807) is 26.0 Å². The third kappa shape index (κ3) is 2.43. The zero-order chi connectivity index (χ0) is 15.7. The van der Waals surface area contributed by atoms with Gasteiger partial charge in [0.2, 0.25) is 0 Å². The van der Waals surface area contributed by atoms with Gasteiger partial charge in [-0.2, -0.15) is 5.26 Å². The van der Waals surface area contributed by atoms with Gasteiger partial charge < -0.3 is 4.57 Å². The van der Waals surface area contributed by atoms with E-state index in [9.17, 15) is 13.6 Å². The van der Waals surface area contributed by atoms with Crippen molar-refractivity contribution in [2.75, 3.05) is 5.88 Å². The maximum Gasteiger partial charge on any atom is 0.184 e. The number of ketones is 1. The predicted octanol–water partition coefficient (Wildman–Crippen LogP) is 3.67. The summed E-state index contributed by atoms with van der Waals surface area (Å²) in [4.78, 5) is 11.7. The summed E-state index contributed by atoms with van der Waals surface area (Å²) in [7, 11) is 0. The summed E-state index contributed by atoms with van der Waals surface area (Å²) in [6, 6.07) is 5.68. The van der Waals surface area contributed by atoms with E-state index in [1.807, 2.05) is 0 Å². The number of carbonyl (C=O) groups is 1. The minimum atomic E-state index is -1.20. The Morgan fingerprint density at radius 2 is 2.00 bits per heavy atom. The monoisotopic (exact) mass is 308 g/mol. The maximum atomic E-state index is 14.1. The SMILES string of the molecule is Cc1cc(C(=O)CCl)c(C)n1-c1ccc(C#N)c(F)c1F. The van der Waals surface area contributed by atoms with Gasteiger partial charge in [0.1, 0.15) is 6.07 Å². The molecule has 21 heavy (non-hydrogen) atoms. The maximum absolute atomic E-state index is 14.1. The average molecular weight is 309 g/mol. The van der Waals surface area contributed by atoms with Crippen LogP contribution in [0.1, 0.15) is 27.3 Å². The summed E-state index contributed by atoms with van der Waals surface area (Å²) in [5.41, 5.74) is 1.00. The van der Waals surface area contributed by atoms with Crippen LogP contribution in [-0.4, -0.2) is 16.2 Å². The number of rotatable bonds is 3. The van der Waals surface area contributed by atoms with E-state index in [0.29, 0.717) is 17.0 Å².